The van der Waals surface area contributed by atoms with E-state index in [4.69, 9.17) is 18.8 Å². The van der Waals surface area contributed by atoms with E-state index in [0.29, 0.717) is 0 Å². The maximum atomic E-state index is 11.7. The van der Waals surface area contributed by atoms with Crippen molar-refractivity contribution in [2.75, 3.05) is 12.3 Å². The topological polar surface area (TPSA) is 126 Å². The molecule has 10 heteroatoms. The van der Waals surface area contributed by atoms with Gasteiger partial charge in [0, 0.05) is 6.20 Å². The Bertz CT molecular complexity index is 577. The maximum absolute atomic E-state index is 11.7. The maximum Gasteiger partial charge on any atom is 0.351 e. The molecule has 5 unspecified atom stereocenters. The number of nitrogens with two attached hydrogens (primary N) is 1. The molecular formula is C9H11N3O6S. The molecule has 0 radical (unpaired) electrons. The van der Waals surface area contributed by atoms with Crippen LogP contribution in [0.4, 0.5) is 5.82 Å². The van der Waals surface area contributed by atoms with E-state index in [2.05, 4.69) is 4.98 Å². The Morgan fingerprint density at radius 2 is 2.21 bits per heavy atom. The van der Waals surface area contributed by atoms with Gasteiger partial charge in [-0.2, -0.15) is 9.19 Å². The van der Waals surface area contributed by atoms with Gasteiger partial charge in [-0.1, -0.05) is 0 Å². The molecule has 0 spiro atoms. The average Bonchev–Trinajstić information content (AvgIpc) is 2.87. The fraction of sp³-hybridized carbons (Fsp3) is 0.556. The molecule has 0 bridgehead atoms. The van der Waals surface area contributed by atoms with Crippen molar-refractivity contribution < 1.29 is 22.4 Å². The van der Waals surface area contributed by atoms with Crippen molar-refractivity contribution in [3.8, 4) is 0 Å². The summed E-state index contributed by atoms with van der Waals surface area (Å²) in [5.41, 5.74) is 4.78. The third kappa shape index (κ3) is 2.07. The number of ether oxygens (including phenoxy) is 1. The first kappa shape index (κ1) is 12.7. The van der Waals surface area contributed by atoms with Gasteiger partial charge in [-0.25, -0.2) is 4.79 Å². The molecule has 0 aliphatic carbocycles. The monoisotopic (exact) mass is 289 g/mol. The van der Waals surface area contributed by atoms with Gasteiger partial charge in [0.05, 0.1) is 6.61 Å². The summed E-state index contributed by atoms with van der Waals surface area (Å²) in [5, 5.41) is 9.19. The average molecular weight is 289 g/mol. The Labute approximate surface area is 109 Å². The summed E-state index contributed by atoms with van der Waals surface area (Å²) in [7, 11) is 0. The van der Waals surface area contributed by atoms with Gasteiger partial charge >= 0.3 is 17.1 Å². The van der Waals surface area contributed by atoms with Crippen LogP contribution in [0.15, 0.2) is 17.1 Å². The Balaban J connectivity index is 1.96. The fourth-order valence-corrected chi connectivity index (χ4v) is 2.97. The van der Waals surface area contributed by atoms with Crippen LogP contribution in [0.2, 0.25) is 0 Å². The molecular weight excluding hydrogens is 278 g/mol. The third-order valence-electron chi connectivity index (χ3n) is 2.97. The van der Waals surface area contributed by atoms with Gasteiger partial charge in [-0.15, -0.1) is 0 Å². The van der Waals surface area contributed by atoms with Crippen LogP contribution in [0.3, 0.4) is 0 Å². The molecule has 104 valence electrons. The Hall–Kier alpha value is -1.33. The lowest BCUT2D eigenvalue weighted by Crippen LogP contribution is -2.34. The van der Waals surface area contributed by atoms with Crippen LogP contribution in [0.1, 0.15) is 6.23 Å². The van der Waals surface area contributed by atoms with Crippen molar-refractivity contribution in [2.45, 2.75) is 24.5 Å². The number of hydrogen-bond acceptors (Lipinski definition) is 8. The van der Waals surface area contributed by atoms with Crippen molar-refractivity contribution in [1.29, 1.82) is 0 Å². The molecule has 3 N–H and O–H groups in total. The molecule has 9 nitrogen and oxygen atoms in total. The van der Waals surface area contributed by atoms with E-state index in [1.807, 2.05) is 0 Å². The number of aromatic nitrogens is 2. The molecule has 0 aromatic carbocycles. The summed E-state index contributed by atoms with van der Waals surface area (Å²) in [5.74, 6) is 0.0849. The minimum absolute atomic E-state index is 0.0849. The van der Waals surface area contributed by atoms with Crippen LogP contribution in [0.25, 0.3) is 0 Å². The van der Waals surface area contributed by atoms with Crippen LogP contribution in [0, 0.1) is 0 Å². The minimum atomic E-state index is -1.91. The molecule has 19 heavy (non-hydrogen) atoms. The summed E-state index contributed by atoms with van der Waals surface area (Å²) < 4.78 is 28.0. The van der Waals surface area contributed by atoms with E-state index in [1.54, 1.807) is 0 Å². The van der Waals surface area contributed by atoms with Gasteiger partial charge in [0.1, 0.15) is 18.0 Å². The molecule has 2 aliphatic rings. The number of fused-ring (bicyclic) bond motifs is 1. The lowest BCUT2D eigenvalue weighted by atomic mass is 10.1. The Kier molecular flexibility index (Phi) is 3.11. The zero-order chi connectivity index (χ0) is 13.6. The molecule has 0 saturated carbocycles. The highest BCUT2D eigenvalue weighted by Gasteiger charge is 2.53. The molecule has 2 saturated heterocycles. The largest absolute Gasteiger partial charge is 0.394 e. The molecule has 3 rings (SSSR count). The van der Waals surface area contributed by atoms with Gasteiger partial charge < -0.3 is 15.6 Å². The highest BCUT2D eigenvalue weighted by molar-refractivity contribution is 7.75. The summed E-state index contributed by atoms with van der Waals surface area (Å²) in [4.78, 5) is 15.3. The second kappa shape index (κ2) is 4.65. The lowest BCUT2D eigenvalue weighted by Gasteiger charge is -2.17. The van der Waals surface area contributed by atoms with Gasteiger partial charge in [0.2, 0.25) is 0 Å². The van der Waals surface area contributed by atoms with Crippen LogP contribution in [-0.2, 0) is 24.5 Å². The molecule has 2 fully saturated rings. The number of aliphatic hydroxyl groups excluding tert-OH is 1. The summed E-state index contributed by atoms with van der Waals surface area (Å²) >= 11 is -1.91. The second-order valence-corrected chi connectivity index (χ2v) is 4.91. The molecule has 2 aliphatic heterocycles. The zero-order valence-electron chi connectivity index (χ0n) is 9.54. The van der Waals surface area contributed by atoms with E-state index in [9.17, 15) is 14.1 Å². The van der Waals surface area contributed by atoms with E-state index in [1.165, 1.54) is 12.3 Å². The van der Waals surface area contributed by atoms with Crippen LogP contribution < -0.4 is 11.4 Å². The first-order chi connectivity index (χ1) is 9.10. The third-order valence-corrected chi connectivity index (χ3v) is 3.73. The standard InChI is InChI=1S/C9H11N3O6S/c10-5-1-2-12(9(14)11-5)8-7-6(4(3-13)16-8)17-19(15)18-7/h1-2,4,6-8,13H,3H2,(H2,10,11,14). The van der Waals surface area contributed by atoms with Crippen molar-refractivity contribution in [3.63, 3.8) is 0 Å². The fourth-order valence-electron chi connectivity index (χ4n) is 2.12. The second-order valence-electron chi connectivity index (χ2n) is 4.12. The van der Waals surface area contributed by atoms with E-state index in [0.717, 1.165) is 4.57 Å². The minimum Gasteiger partial charge on any atom is -0.394 e. The first-order valence-corrected chi connectivity index (χ1v) is 6.47. The van der Waals surface area contributed by atoms with Gasteiger partial charge in [0.15, 0.2) is 12.3 Å². The highest BCUT2D eigenvalue weighted by atomic mass is 32.2. The Morgan fingerprint density at radius 3 is 2.89 bits per heavy atom. The summed E-state index contributed by atoms with van der Waals surface area (Å²) in [6, 6.07) is 1.43. The SMILES string of the molecule is Nc1ccn(C2OC(CO)C3OS(=O)OC32)c(=O)n1. The van der Waals surface area contributed by atoms with Gasteiger partial charge in [-0.05, 0) is 6.07 Å². The van der Waals surface area contributed by atoms with Crippen molar-refractivity contribution in [3.05, 3.63) is 22.7 Å². The quantitative estimate of drug-likeness (QED) is 0.645. The van der Waals surface area contributed by atoms with E-state index < -0.39 is 41.6 Å². The van der Waals surface area contributed by atoms with Crippen LogP contribution in [-0.4, -0.2) is 43.8 Å². The Morgan fingerprint density at radius 1 is 1.47 bits per heavy atom. The van der Waals surface area contributed by atoms with Gasteiger partial charge in [0.25, 0.3) is 0 Å². The van der Waals surface area contributed by atoms with Crippen LogP contribution >= 0.6 is 0 Å². The highest BCUT2D eigenvalue weighted by Crippen LogP contribution is 2.37. The summed E-state index contributed by atoms with van der Waals surface area (Å²) in [6.07, 6.45) is -1.63. The van der Waals surface area contributed by atoms with Crippen molar-refractivity contribution in [1.82, 2.24) is 9.55 Å². The lowest BCUT2D eigenvalue weighted by molar-refractivity contribution is -0.0561. The summed E-state index contributed by atoms with van der Waals surface area (Å²) in [6.45, 7) is -0.338. The molecule has 1 aromatic heterocycles. The number of nitrogens with zero attached hydrogens (tertiary/aromatic N) is 2. The zero-order valence-corrected chi connectivity index (χ0v) is 10.4. The van der Waals surface area contributed by atoms with Crippen LogP contribution in [0.5, 0.6) is 0 Å². The number of rotatable bonds is 2. The predicted octanol–water partition coefficient (Wildman–Crippen LogP) is -1.92. The van der Waals surface area contributed by atoms with E-state index in [-0.39, 0.29) is 12.4 Å². The first-order valence-electron chi connectivity index (χ1n) is 5.47. The normalized spacial score (nSPS) is 37.4. The number of nitrogen functional groups attached to an aromatic ring is 1. The van der Waals surface area contributed by atoms with Crippen molar-refractivity contribution in [2.24, 2.45) is 0 Å². The number of hydrogen-bond donors (Lipinski definition) is 2. The molecule has 3 heterocycles. The predicted molar refractivity (Wildman–Crippen MR) is 61.8 cm³/mol. The molecule has 1 aromatic rings. The van der Waals surface area contributed by atoms with Crippen molar-refractivity contribution >= 4 is 17.2 Å². The van der Waals surface area contributed by atoms with E-state index >= 15 is 0 Å². The number of anilines is 1. The molecule has 5 atom stereocenters. The number of aliphatic hydroxyl groups is 1. The van der Waals surface area contributed by atoms with Gasteiger partial charge in [-0.3, -0.25) is 12.9 Å². The smallest absolute Gasteiger partial charge is 0.351 e. The molecule has 0 amide bonds.